The molecule has 1 amide bonds. The summed E-state index contributed by atoms with van der Waals surface area (Å²) in [6.45, 7) is 2.04. The number of carbonyl (C=O) groups is 1. The van der Waals surface area contributed by atoms with E-state index in [4.69, 9.17) is 9.84 Å². The Labute approximate surface area is 130 Å². The van der Waals surface area contributed by atoms with Crippen molar-refractivity contribution < 1.29 is 14.6 Å². The lowest BCUT2D eigenvalue weighted by atomic mass is 10.1. The van der Waals surface area contributed by atoms with E-state index in [9.17, 15) is 4.79 Å². The van der Waals surface area contributed by atoms with Crippen LogP contribution in [0.4, 0.5) is 0 Å². The Hall–Kier alpha value is -2.40. The summed E-state index contributed by atoms with van der Waals surface area (Å²) in [5.41, 5.74) is 0.474. The van der Waals surface area contributed by atoms with E-state index in [1.165, 1.54) is 0 Å². The number of pyridine rings is 1. The number of carbonyl (C=O) groups excluding carboxylic acids is 1. The van der Waals surface area contributed by atoms with Crippen molar-refractivity contribution in [3.05, 3.63) is 54.4 Å². The van der Waals surface area contributed by atoms with Crippen LogP contribution < -0.4 is 10.1 Å². The average Bonchev–Trinajstić information content (AvgIpc) is 2.54. The van der Waals surface area contributed by atoms with Crippen molar-refractivity contribution in [1.29, 1.82) is 0 Å². The monoisotopic (exact) mass is 300 g/mol. The van der Waals surface area contributed by atoms with Crippen LogP contribution in [0.1, 0.15) is 30.1 Å². The number of para-hydroxylation sites is 1. The standard InChI is InChI=1S/C17H20N2O3/c1-13(6-5-11-20)19-17(21)15-8-2-3-9-16(15)22-14-7-4-10-18-12-14/h2-4,7-10,12-13,20H,5-6,11H2,1H3,(H,19,21). The zero-order valence-electron chi connectivity index (χ0n) is 12.5. The van der Waals surface area contributed by atoms with Crippen LogP contribution in [0, 0.1) is 0 Å². The highest BCUT2D eigenvalue weighted by Gasteiger charge is 2.14. The predicted molar refractivity (Wildman–Crippen MR) is 84.0 cm³/mol. The van der Waals surface area contributed by atoms with Gasteiger partial charge in [-0.25, -0.2) is 0 Å². The third-order valence-corrected chi connectivity index (χ3v) is 3.17. The molecule has 0 spiro atoms. The number of benzene rings is 1. The lowest BCUT2D eigenvalue weighted by Gasteiger charge is -2.15. The molecule has 0 radical (unpaired) electrons. The van der Waals surface area contributed by atoms with Crippen LogP contribution in [0.15, 0.2) is 48.8 Å². The van der Waals surface area contributed by atoms with Crippen molar-refractivity contribution in [3.8, 4) is 11.5 Å². The van der Waals surface area contributed by atoms with Crippen LogP contribution in [0.25, 0.3) is 0 Å². The molecular formula is C17H20N2O3. The molecule has 0 aliphatic carbocycles. The van der Waals surface area contributed by atoms with Crippen molar-refractivity contribution >= 4 is 5.91 Å². The summed E-state index contributed by atoms with van der Waals surface area (Å²) in [6, 6.07) is 10.6. The van der Waals surface area contributed by atoms with Gasteiger partial charge in [-0.1, -0.05) is 12.1 Å². The summed E-state index contributed by atoms with van der Waals surface area (Å²) >= 11 is 0. The number of nitrogens with zero attached hydrogens (tertiary/aromatic N) is 1. The molecule has 1 atom stereocenters. The molecule has 1 heterocycles. The largest absolute Gasteiger partial charge is 0.455 e. The van der Waals surface area contributed by atoms with E-state index < -0.39 is 0 Å². The van der Waals surface area contributed by atoms with Crippen molar-refractivity contribution in [3.63, 3.8) is 0 Å². The first-order valence-corrected chi connectivity index (χ1v) is 7.29. The van der Waals surface area contributed by atoms with E-state index in [1.807, 2.05) is 13.0 Å². The van der Waals surface area contributed by atoms with Gasteiger partial charge in [0.2, 0.25) is 0 Å². The Morgan fingerprint density at radius 1 is 1.32 bits per heavy atom. The highest BCUT2D eigenvalue weighted by molar-refractivity contribution is 5.97. The number of aliphatic hydroxyl groups is 1. The topological polar surface area (TPSA) is 71.5 Å². The second kappa shape index (κ2) is 8.14. The predicted octanol–water partition coefficient (Wildman–Crippen LogP) is 2.76. The zero-order valence-corrected chi connectivity index (χ0v) is 12.5. The third-order valence-electron chi connectivity index (χ3n) is 3.17. The Bertz CT molecular complexity index is 602. The van der Waals surface area contributed by atoms with Crippen molar-refractivity contribution in [1.82, 2.24) is 10.3 Å². The SMILES string of the molecule is CC(CCCO)NC(=O)c1ccccc1Oc1cccnc1. The maximum absolute atomic E-state index is 12.4. The Morgan fingerprint density at radius 2 is 2.14 bits per heavy atom. The second-order valence-corrected chi connectivity index (χ2v) is 5.03. The quantitative estimate of drug-likeness (QED) is 0.825. The van der Waals surface area contributed by atoms with Gasteiger partial charge in [0.1, 0.15) is 11.5 Å². The summed E-state index contributed by atoms with van der Waals surface area (Å²) in [7, 11) is 0. The van der Waals surface area contributed by atoms with Gasteiger partial charge >= 0.3 is 0 Å². The van der Waals surface area contributed by atoms with Crippen molar-refractivity contribution in [2.24, 2.45) is 0 Å². The van der Waals surface area contributed by atoms with E-state index >= 15 is 0 Å². The molecule has 0 bridgehead atoms. The maximum Gasteiger partial charge on any atom is 0.255 e. The molecule has 22 heavy (non-hydrogen) atoms. The number of amides is 1. The zero-order chi connectivity index (χ0) is 15.8. The highest BCUT2D eigenvalue weighted by Crippen LogP contribution is 2.24. The fourth-order valence-corrected chi connectivity index (χ4v) is 2.05. The summed E-state index contributed by atoms with van der Waals surface area (Å²) in [4.78, 5) is 16.3. The molecule has 0 aliphatic rings. The molecule has 0 fully saturated rings. The molecule has 116 valence electrons. The summed E-state index contributed by atoms with van der Waals surface area (Å²) in [5.74, 6) is 0.878. The Morgan fingerprint density at radius 3 is 2.86 bits per heavy atom. The Balaban J connectivity index is 2.09. The Kier molecular flexibility index (Phi) is 5.91. The number of hydrogen-bond acceptors (Lipinski definition) is 4. The van der Waals surface area contributed by atoms with Crippen LogP contribution in [-0.4, -0.2) is 28.6 Å². The van der Waals surface area contributed by atoms with Gasteiger partial charge in [-0.05, 0) is 44.0 Å². The van der Waals surface area contributed by atoms with Gasteiger partial charge in [0, 0.05) is 18.8 Å². The highest BCUT2D eigenvalue weighted by atomic mass is 16.5. The van der Waals surface area contributed by atoms with Crippen LogP contribution in [0.3, 0.4) is 0 Å². The number of aromatic nitrogens is 1. The molecule has 1 aromatic carbocycles. The number of ether oxygens (including phenoxy) is 1. The number of aliphatic hydroxyl groups excluding tert-OH is 1. The van der Waals surface area contributed by atoms with Crippen LogP contribution in [0.2, 0.25) is 0 Å². The smallest absolute Gasteiger partial charge is 0.255 e. The molecule has 0 aliphatic heterocycles. The molecule has 0 saturated carbocycles. The molecule has 1 unspecified atom stereocenters. The molecule has 2 rings (SSSR count). The average molecular weight is 300 g/mol. The fraction of sp³-hybridized carbons (Fsp3) is 0.294. The van der Waals surface area contributed by atoms with E-state index in [-0.39, 0.29) is 18.6 Å². The van der Waals surface area contributed by atoms with Crippen LogP contribution >= 0.6 is 0 Å². The first-order valence-electron chi connectivity index (χ1n) is 7.29. The van der Waals surface area contributed by atoms with E-state index in [1.54, 1.807) is 42.7 Å². The van der Waals surface area contributed by atoms with Gasteiger partial charge in [-0.15, -0.1) is 0 Å². The second-order valence-electron chi connectivity index (χ2n) is 5.03. The lowest BCUT2D eigenvalue weighted by Crippen LogP contribution is -2.32. The molecule has 2 aromatic rings. The van der Waals surface area contributed by atoms with Gasteiger partial charge in [0.25, 0.3) is 5.91 Å². The van der Waals surface area contributed by atoms with Gasteiger partial charge in [-0.2, -0.15) is 0 Å². The van der Waals surface area contributed by atoms with E-state index in [0.29, 0.717) is 23.5 Å². The van der Waals surface area contributed by atoms with E-state index in [2.05, 4.69) is 10.3 Å². The molecular weight excluding hydrogens is 280 g/mol. The lowest BCUT2D eigenvalue weighted by molar-refractivity contribution is 0.0934. The van der Waals surface area contributed by atoms with Crippen molar-refractivity contribution in [2.75, 3.05) is 6.61 Å². The molecule has 5 heteroatoms. The van der Waals surface area contributed by atoms with Gasteiger partial charge in [0.05, 0.1) is 11.8 Å². The fourth-order valence-electron chi connectivity index (χ4n) is 2.05. The van der Waals surface area contributed by atoms with Crippen LogP contribution in [0.5, 0.6) is 11.5 Å². The minimum Gasteiger partial charge on any atom is -0.455 e. The third kappa shape index (κ3) is 4.56. The number of nitrogens with one attached hydrogen (secondary N) is 1. The minimum absolute atomic E-state index is 0.00824. The maximum atomic E-state index is 12.4. The summed E-state index contributed by atoms with van der Waals surface area (Å²) in [5, 5.41) is 11.7. The van der Waals surface area contributed by atoms with E-state index in [0.717, 1.165) is 6.42 Å². The number of hydrogen-bond donors (Lipinski definition) is 2. The summed E-state index contributed by atoms with van der Waals surface area (Å²) in [6.07, 6.45) is 4.65. The van der Waals surface area contributed by atoms with Crippen LogP contribution in [-0.2, 0) is 0 Å². The number of rotatable bonds is 7. The van der Waals surface area contributed by atoms with Gasteiger partial charge in [-0.3, -0.25) is 9.78 Å². The molecule has 2 N–H and O–H groups in total. The first-order chi connectivity index (χ1) is 10.7. The minimum atomic E-state index is -0.190. The van der Waals surface area contributed by atoms with Gasteiger partial charge in [0.15, 0.2) is 0 Å². The summed E-state index contributed by atoms with van der Waals surface area (Å²) < 4.78 is 5.73. The van der Waals surface area contributed by atoms with Crippen molar-refractivity contribution in [2.45, 2.75) is 25.8 Å². The molecule has 0 saturated heterocycles. The molecule has 1 aromatic heterocycles. The normalized spacial score (nSPS) is 11.7. The van der Waals surface area contributed by atoms with Gasteiger partial charge < -0.3 is 15.2 Å². The molecule has 5 nitrogen and oxygen atoms in total. The first kappa shape index (κ1) is 16.0.